The molecule has 0 aliphatic heterocycles. The van der Waals surface area contributed by atoms with E-state index in [1.807, 2.05) is 0 Å². The van der Waals surface area contributed by atoms with Gasteiger partial charge in [-0.3, -0.25) is 0 Å². The highest BCUT2D eigenvalue weighted by Crippen LogP contribution is 2.22. The number of primary amides is 1. The van der Waals surface area contributed by atoms with Crippen LogP contribution in [-0.4, -0.2) is 36.9 Å². The Morgan fingerprint density at radius 1 is 1.50 bits per heavy atom. The van der Waals surface area contributed by atoms with E-state index < -0.39 is 15.9 Å². The SMILES string of the molecule is CS(=O)(=O)c1cccc2c1[nH]c(=S)n2CCOC(N)=O. The minimum absolute atomic E-state index is 0.0553. The summed E-state index contributed by atoms with van der Waals surface area (Å²) in [5, 5.41) is 0. The van der Waals surface area contributed by atoms with Gasteiger partial charge in [-0.1, -0.05) is 6.07 Å². The second-order valence-corrected chi connectivity index (χ2v) is 6.54. The molecule has 0 radical (unpaired) electrons. The number of sulfone groups is 1. The molecule has 1 aromatic carbocycles. The molecule has 0 atom stereocenters. The Kier molecular flexibility index (Phi) is 3.82. The number of aromatic amines is 1. The lowest BCUT2D eigenvalue weighted by Gasteiger charge is -2.05. The first-order valence-corrected chi connectivity index (χ1v) is 7.94. The van der Waals surface area contributed by atoms with Crippen molar-refractivity contribution in [1.82, 2.24) is 9.55 Å². The van der Waals surface area contributed by atoms with Crippen LogP contribution in [0.1, 0.15) is 0 Å². The van der Waals surface area contributed by atoms with Gasteiger partial charge in [0.15, 0.2) is 14.6 Å². The standard InChI is InChI=1S/C11H13N3O4S2/c1-20(16,17)8-4-2-3-7-9(8)13-11(19)14(7)5-6-18-10(12)15/h2-4H,5-6H2,1H3,(H2,12,15)(H,13,19). The molecule has 2 rings (SSSR count). The molecule has 0 saturated carbocycles. The Labute approximate surface area is 120 Å². The lowest BCUT2D eigenvalue weighted by atomic mass is 10.3. The van der Waals surface area contributed by atoms with E-state index in [0.29, 0.717) is 15.8 Å². The van der Waals surface area contributed by atoms with Gasteiger partial charge in [-0.25, -0.2) is 13.2 Å². The molecule has 0 fully saturated rings. The number of H-pyrrole nitrogens is 1. The molecular formula is C11H13N3O4S2. The van der Waals surface area contributed by atoms with Crippen LogP contribution in [0.15, 0.2) is 23.1 Å². The molecule has 20 heavy (non-hydrogen) atoms. The number of aromatic nitrogens is 2. The van der Waals surface area contributed by atoms with Crippen LogP contribution in [-0.2, 0) is 21.1 Å². The quantitative estimate of drug-likeness (QED) is 0.824. The zero-order valence-electron chi connectivity index (χ0n) is 10.6. The van der Waals surface area contributed by atoms with Crippen LogP contribution < -0.4 is 5.73 Å². The molecule has 108 valence electrons. The number of fused-ring (bicyclic) bond motifs is 1. The van der Waals surface area contributed by atoms with Crippen LogP contribution in [0.4, 0.5) is 4.79 Å². The Morgan fingerprint density at radius 3 is 2.80 bits per heavy atom. The number of imidazole rings is 1. The third-order valence-electron chi connectivity index (χ3n) is 2.73. The van der Waals surface area contributed by atoms with E-state index in [0.717, 1.165) is 6.26 Å². The van der Waals surface area contributed by atoms with Crippen molar-refractivity contribution in [2.75, 3.05) is 12.9 Å². The van der Waals surface area contributed by atoms with Crippen LogP contribution in [0.25, 0.3) is 11.0 Å². The molecule has 0 spiro atoms. The predicted octanol–water partition coefficient (Wildman–Crippen LogP) is 1.20. The fourth-order valence-electron chi connectivity index (χ4n) is 1.92. The van der Waals surface area contributed by atoms with Gasteiger partial charge in [-0.15, -0.1) is 0 Å². The molecule has 0 unspecified atom stereocenters. The van der Waals surface area contributed by atoms with Gasteiger partial charge in [0.2, 0.25) is 0 Å². The molecule has 3 N–H and O–H groups in total. The van der Waals surface area contributed by atoms with E-state index in [1.54, 1.807) is 16.7 Å². The lowest BCUT2D eigenvalue weighted by Crippen LogP contribution is -2.16. The highest BCUT2D eigenvalue weighted by Gasteiger charge is 2.15. The number of nitrogens with one attached hydrogen (secondary N) is 1. The average molecular weight is 315 g/mol. The van der Waals surface area contributed by atoms with Crippen molar-refractivity contribution < 1.29 is 17.9 Å². The minimum Gasteiger partial charge on any atom is -0.448 e. The molecule has 1 amide bonds. The van der Waals surface area contributed by atoms with Gasteiger partial charge in [0.25, 0.3) is 0 Å². The van der Waals surface area contributed by atoms with Gasteiger partial charge < -0.3 is 20.0 Å². The van der Waals surface area contributed by atoms with Gasteiger partial charge in [-0.05, 0) is 24.4 Å². The van der Waals surface area contributed by atoms with E-state index >= 15 is 0 Å². The normalized spacial score (nSPS) is 11.7. The first-order valence-electron chi connectivity index (χ1n) is 5.64. The maximum atomic E-state index is 11.7. The summed E-state index contributed by atoms with van der Waals surface area (Å²) in [6.07, 6.45) is 0.264. The van der Waals surface area contributed by atoms with Crippen molar-refractivity contribution in [2.24, 2.45) is 5.73 Å². The van der Waals surface area contributed by atoms with E-state index in [4.69, 9.17) is 18.0 Å². The molecule has 1 heterocycles. The second kappa shape index (κ2) is 5.25. The van der Waals surface area contributed by atoms with E-state index in [9.17, 15) is 13.2 Å². The van der Waals surface area contributed by atoms with Gasteiger partial charge in [0.1, 0.15) is 6.61 Å². The maximum absolute atomic E-state index is 11.7. The van der Waals surface area contributed by atoms with Crippen LogP contribution in [0.2, 0.25) is 0 Å². The number of para-hydroxylation sites is 1. The number of benzene rings is 1. The predicted molar refractivity (Wildman–Crippen MR) is 75.8 cm³/mol. The summed E-state index contributed by atoms with van der Waals surface area (Å²) in [4.78, 5) is 13.6. The van der Waals surface area contributed by atoms with E-state index in [-0.39, 0.29) is 18.0 Å². The first kappa shape index (κ1) is 14.5. The van der Waals surface area contributed by atoms with Crippen molar-refractivity contribution in [2.45, 2.75) is 11.4 Å². The van der Waals surface area contributed by atoms with Crippen molar-refractivity contribution in [3.05, 3.63) is 23.0 Å². The number of rotatable bonds is 4. The average Bonchev–Trinajstić information content (AvgIpc) is 2.64. The van der Waals surface area contributed by atoms with Crippen molar-refractivity contribution >= 4 is 39.2 Å². The summed E-state index contributed by atoms with van der Waals surface area (Å²) in [5.41, 5.74) is 5.95. The van der Waals surface area contributed by atoms with Gasteiger partial charge in [0, 0.05) is 6.26 Å². The third-order valence-corrected chi connectivity index (χ3v) is 4.19. The number of amides is 1. The van der Waals surface area contributed by atoms with Gasteiger partial charge in [0.05, 0.1) is 22.5 Å². The number of carbonyl (C=O) groups excluding carboxylic acids is 1. The molecule has 9 heteroatoms. The Bertz CT molecular complexity index is 820. The smallest absolute Gasteiger partial charge is 0.404 e. The lowest BCUT2D eigenvalue weighted by molar-refractivity contribution is 0.152. The first-order chi connectivity index (χ1) is 9.30. The molecule has 0 aliphatic rings. The Balaban J connectivity index is 2.50. The molecule has 0 bridgehead atoms. The van der Waals surface area contributed by atoms with Crippen LogP contribution in [0.5, 0.6) is 0 Å². The summed E-state index contributed by atoms with van der Waals surface area (Å²) in [7, 11) is -3.36. The highest BCUT2D eigenvalue weighted by atomic mass is 32.2. The van der Waals surface area contributed by atoms with Crippen molar-refractivity contribution in [1.29, 1.82) is 0 Å². The van der Waals surface area contributed by atoms with Gasteiger partial charge in [-0.2, -0.15) is 0 Å². The Hall–Kier alpha value is -1.87. The van der Waals surface area contributed by atoms with E-state index in [1.165, 1.54) is 6.07 Å². The molecule has 1 aromatic heterocycles. The largest absolute Gasteiger partial charge is 0.448 e. The minimum atomic E-state index is -3.36. The van der Waals surface area contributed by atoms with Crippen LogP contribution in [0.3, 0.4) is 0 Å². The summed E-state index contributed by atoms with van der Waals surface area (Å²) in [5.74, 6) is 0. The topological polar surface area (TPSA) is 107 Å². The Morgan fingerprint density at radius 2 is 2.20 bits per heavy atom. The van der Waals surface area contributed by atoms with E-state index in [2.05, 4.69) is 9.72 Å². The van der Waals surface area contributed by atoms with Crippen LogP contribution in [0, 0.1) is 4.77 Å². The molecule has 0 aliphatic carbocycles. The fourth-order valence-corrected chi connectivity index (χ4v) is 3.07. The highest BCUT2D eigenvalue weighted by molar-refractivity contribution is 7.91. The molecule has 7 nitrogen and oxygen atoms in total. The fraction of sp³-hybridized carbons (Fsp3) is 0.273. The second-order valence-electron chi connectivity index (χ2n) is 4.17. The number of hydrogen-bond donors (Lipinski definition) is 2. The maximum Gasteiger partial charge on any atom is 0.404 e. The summed E-state index contributed by atoms with van der Waals surface area (Å²) in [6, 6.07) is 4.88. The zero-order valence-corrected chi connectivity index (χ0v) is 12.3. The monoisotopic (exact) mass is 315 g/mol. The molecular weight excluding hydrogens is 302 g/mol. The number of carbonyl (C=O) groups is 1. The summed E-state index contributed by atoms with van der Waals surface area (Å²) < 4.78 is 30.1. The number of nitrogens with two attached hydrogens (primary N) is 1. The molecule has 0 saturated heterocycles. The van der Waals surface area contributed by atoms with Crippen LogP contribution >= 0.6 is 12.2 Å². The number of hydrogen-bond acceptors (Lipinski definition) is 5. The summed E-state index contributed by atoms with van der Waals surface area (Å²) >= 11 is 5.16. The number of nitrogens with zero attached hydrogens (tertiary/aromatic N) is 1. The third kappa shape index (κ3) is 2.83. The van der Waals surface area contributed by atoms with Gasteiger partial charge >= 0.3 is 6.09 Å². The number of ether oxygens (including phenoxy) is 1. The summed E-state index contributed by atoms with van der Waals surface area (Å²) in [6.45, 7) is 0.342. The van der Waals surface area contributed by atoms with Crippen molar-refractivity contribution in [3.8, 4) is 0 Å². The molecule has 2 aromatic rings. The zero-order chi connectivity index (χ0) is 14.9. The van der Waals surface area contributed by atoms with Crippen molar-refractivity contribution in [3.63, 3.8) is 0 Å².